The van der Waals surface area contributed by atoms with E-state index in [1.54, 1.807) is 0 Å². The summed E-state index contributed by atoms with van der Waals surface area (Å²) < 4.78 is 0. The molecule has 1 N–H and O–H groups in total. The van der Waals surface area contributed by atoms with Crippen molar-refractivity contribution in [2.24, 2.45) is 0 Å². The highest BCUT2D eigenvalue weighted by Crippen LogP contribution is 2.30. The van der Waals surface area contributed by atoms with Gasteiger partial charge in [-0.1, -0.05) is 26.0 Å². The van der Waals surface area contributed by atoms with Crippen LogP contribution in [0.3, 0.4) is 0 Å². The predicted molar refractivity (Wildman–Crippen MR) is 92.4 cm³/mol. The molecular formula is C18H24N2O2S. The predicted octanol–water partition coefficient (Wildman–Crippen LogP) is 2.61. The van der Waals surface area contributed by atoms with E-state index in [1.807, 2.05) is 28.8 Å². The lowest BCUT2D eigenvalue weighted by molar-refractivity contribution is -0.128. The van der Waals surface area contributed by atoms with Crippen molar-refractivity contribution in [1.82, 2.24) is 10.2 Å². The molecule has 2 aliphatic rings. The van der Waals surface area contributed by atoms with Gasteiger partial charge in [-0.25, -0.2) is 0 Å². The molecule has 1 aromatic rings. The average molecular weight is 332 g/mol. The van der Waals surface area contributed by atoms with Crippen LogP contribution in [0.5, 0.6) is 0 Å². The van der Waals surface area contributed by atoms with Crippen LogP contribution in [0.15, 0.2) is 29.2 Å². The maximum Gasteiger partial charge on any atom is 0.225 e. The number of hydrogen-bond acceptors (Lipinski definition) is 3. The minimum atomic E-state index is -0.0219. The summed E-state index contributed by atoms with van der Waals surface area (Å²) in [6.45, 7) is 5.01. The van der Waals surface area contributed by atoms with Crippen molar-refractivity contribution in [3.8, 4) is 0 Å². The van der Waals surface area contributed by atoms with Gasteiger partial charge >= 0.3 is 0 Å². The Bertz CT molecular complexity index is 581. The van der Waals surface area contributed by atoms with Crippen molar-refractivity contribution in [2.45, 2.75) is 61.8 Å². The highest BCUT2D eigenvalue weighted by atomic mass is 32.2. The highest BCUT2D eigenvalue weighted by molar-refractivity contribution is 7.99. The van der Waals surface area contributed by atoms with Crippen molar-refractivity contribution in [2.75, 3.05) is 6.54 Å². The van der Waals surface area contributed by atoms with Gasteiger partial charge in [0.25, 0.3) is 0 Å². The zero-order chi connectivity index (χ0) is 16.4. The number of carbonyl (C=O) groups excluding carboxylic acids is 2. The molecule has 1 heterocycles. The van der Waals surface area contributed by atoms with Crippen LogP contribution in [-0.2, 0) is 16.0 Å². The number of likely N-dealkylation sites (tertiary alicyclic amines) is 1. The Hall–Kier alpha value is -1.49. The number of thioether (sulfide) groups is 1. The molecule has 1 saturated heterocycles. The van der Waals surface area contributed by atoms with Crippen LogP contribution in [0.2, 0.25) is 0 Å². The molecule has 1 aromatic carbocycles. The number of carbonyl (C=O) groups is 2. The monoisotopic (exact) mass is 332 g/mol. The van der Waals surface area contributed by atoms with Crippen LogP contribution in [0, 0.1) is 0 Å². The molecule has 1 aliphatic heterocycles. The van der Waals surface area contributed by atoms with Crippen LogP contribution in [0.25, 0.3) is 0 Å². The van der Waals surface area contributed by atoms with Gasteiger partial charge in [-0.15, -0.1) is 11.8 Å². The SMILES string of the molecule is CC(C)Sc1ccc(CC(=O)N[C@H]2CC(=O)N(C3CC3)C2)cc1. The lowest BCUT2D eigenvalue weighted by Gasteiger charge is -2.16. The molecule has 5 heteroatoms. The van der Waals surface area contributed by atoms with Gasteiger partial charge in [0, 0.05) is 29.2 Å². The van der Waals surface area contributed by atoms with Crippen molar-refractivity contribution >= 4 is 23.6 Å². The second-order valence-corrected chi connectivity index (χ2v) is 8.38. The van der Waals surface area contributed by atoms with Crippen molar-refractivity contribution < 1.29 is 9.59 Å². The van der Waals surface area contributed by atoms with E-state index in [9.17, 15) is 9.59 Å². The quantitative estimate of drug-likeness (QED) is 0.815. The maximum absolute atomic E-state index is 12.2. The fraction of sp³-hybridized carbons (Fsp3) is 0.556. The van der Waals surface area contributed by atoms with E-state index in [1.165, 1.54) is 4.90 Å². The molecule has 0 bridgehead atoms. The molecule has 0 radical (unpaired) electrons. The van der Waals surface area contributed by atoms with Gasteiger partial charge in [0.2, 0.25) is 11.8 Å². The molecule has 23 heavy (non-hydrogen) atoms. The molecule has 1 atom stereocenters. The smallest absolute Gasteiger partial charge is 0.225 e. The number of benzene rings is 1. The third kappa shape index (κ3) is 4.50. The summed E-state index contributed by atoms with van der Waals surface area (Å²) in [5.41, 5.74) is 1.01. The Kier molecular flexibility index (Phi) is 4.95. The number of hydrogen-bond donors (Lipinski definition) is 1. The molecule has 2 fully saturated rings. The van der Waals surface area contributed by atoms with Gasteiger partial charge in [0.1, 0.15) is 0 Å². The minimum Gasteiger partial charge on any atom is -0.351 e. The number of nitrogens with zero attached hydrogens (tertiary/aromatic N) is 1. The summed E-state index contributed by atoms with van der Waals surface area (Å²) >= 11 is 1.82. The summed E-state index contributed by atoms with van der Waals surface area (Å²) in [4.78, 5) is 27.2. The van der Waals surface area contributed by atoms with E-state index in [4.69, 9.17) is 0 Å². The van der Waals surface area contributed by atoms with E-state index < -0.39 is 0 Å². The summed E-state index contributed by atoms with van der Waals surface area (Å²) in [5, 5.41) is 3.56. The summed E-state index contributed by atoms with van der Waals surface area (Å²) in [5.74, 6) is 0.192. The Morgan fingerprint density at radius 1 is 1.30 bits per heavy atom. The largest absolute Gasteiger partial charge is 0.351 e. The van der Waals surface area contributed by atoms with Crippen molar-refractivity contribution in [3.05, 3.63) is 29.8 Å². The second-order valence-electron chi connectivity index (χ2n) is 6.73. The van der Waals surface area contributed by atoms with Crippen molar-refractivity contribution in [1.29, 1.82) is 0 Å². The van der Waals surface area contributed by atoms with Gasteiger partial charge in [0.05, 0.1) is 12.5 Å². The normalized spacial score (nSPS) is 21.1. The highest BCUT2D eigenvalue weighted by Gasteiger charge is 2.39. The van der Waals surface area contributed by atoms with Crippen LogP contribution < -0.4 is 5.32 Å². The number of amides is 2. The van der Waals surface area contributed by atoms with E-state index in [0.717, 1.165) is 18.4 Å². The van der Waals surface area contributed by atoms with Crippen LogP contribution >= 0.6 is 11.8 Å². The first-order valence-electron chi connectivity index (χ1n) is 8.35. The van der Waals surface area contributed by atoms with Crippen LogP contribution in [0.1, 0.15) is 38.7 Å². The topological polar surface area (TPSA) is 49.4 Å². The first-order chi connectivity index (χ1) is 11.0. The van der Waals surface area contributed by atoms with E-state index in [-0.39, 0.29) is 17.9 Å². The van der Waals surface area contributed by atoms with Gasteiger partial charge < -0.3 is 10.2 Å². The molecular weight excluding hydrogens is 308 g/mol. The molecule has 0 aromatic heterocycles. The summed E-state index contributed by atoms with van der Waals surface area (Å²) in [6.07, 6.45) is 3.06. The molecule has 0 unspecified atom stereocenters. The van der Waals surface area contributed by atoms with E-state index >= 15 is 0 Å². The summed E-state index contributed by atoms with van der Waals surface area (Å²) in [7, 11) is 0. The van der Waals surface area contributed by atoms with Crippen LogP contribution in [-0.4, -0.2) is 40.6 Å². The average Bonchev–Trinajstić information content (AvgIpc) is 3.25. The zero-order valence-electron chi connectivity index (χ0n) is 13.7. The van der Waals surface area contributed by atoms with Gasteiger partial charge in [-0.2, -0.15) is 0 Å². The van der Waals surface area contributed by atoms with Crippen LogP contribution in [0.4, 0.5) is 0 Å². The molecule has 2 amide bonds. The Labute approximate surface area is 142 Å². The Morgan fingerprint density at radius 3 is 2.61 bits per heavy atom. The molecule has 3 rings (SSSR count). The van der Waals surface area contributed by atoms with Gasteiger partial charge in [-0.05, 0) is 30.5 Å². The van der Waals surface area contributed by atoms with E-state index in [2.05, 4.69) is 31.3 Å². The molecule has 0 spiro atoms. The first-order valence-corrected chi connectivity index (χ1v) is 9.23. The molecule has 124 valence electrons. The fourth-order valence-corrected chi connectivity index (χ4v) is 3.83. The third-order valence-electron chi connectivity index (χ3n) is 4.17. The lowest BCUT2D eigenvalue weighted by atomic mass is 10.1. The van der Waals surface area contributed by atoms with E-state index in [0.29, 0.717) is 30.7 Å². The lowest BCUT2D eigenvalue weighted by Crippen LogP contribution is -2.38. The zero-order valence-corrected chi connectivity index (χ0v) is 14.6. The number of rotatable bonds is 6. The number of nitrogens with one attached hydrogen (secondary N) is 1. The second kappa shape index (κ2) is 6.95. The Balaban J connectivity index is 1.48. The minimum absolute atomic E-state index is 0.00436. The van der Waals surface area contributed by atoms with Crippen molar-refractivity contribution in [3.63, 3.8) is 0 Å². The summed E-state index contributed by atoms with van der Waals surface area (Å²) in [6, 6.07) is 8.59. The van der Waals surface area contributed by atoms with Gasteiger partial charge in [0.15, 0.2) is 0 Å². The third-order valence-corrected chi connectivity index (χ3v) is 5.19. The molecule has 4 nitrogen and oxygen atoms in total. The molecule has 1 aliphatic carbocycles. The standard InChI is InChI=1S/C18H24N2O2S/c1-12(2)23-16-7-3-13(4-8-16)9-17(21)19-14-10-18(22)20(11-14)15-5-6-15/h3-4,7-8,12,14-15H,5-6,9-11H2,1-2H3,(H,19,21)/t14-/m0/s1. The maximum atomic E-state index is 12.2. The first kappa shape index (κ1) is 16.4. The molecule has 1 saturated carbocycles. The Morgan fingerprint density at radius 2 is 2.00 bits per heavy atom. The van der Waals surface area contributed by atoms with Gasteiger partial charge in [-0.3, -0.25) is 9.59 Å². The fourth-order valence-electron chi connectivity index (χ4n) is 2.99.